The van der Waals surface area contributed by atoms with Crippen molar-refractivity contribution in [2.24, 2.45) is 0 Å². The second-order valence-electron chi connectivity index (χ2n) is 31.3. The second-order valence-corrected chi connectivity index (χ2v) is 42.7. The molecule has 0 radical (unpaired) electrons. The minimum atomic E-state index is -3.04. The van der Waals surface area contributed by atoms with Gasteiger partial charge in [-0.1, -0.05) is 291 Å². The molecule has 0 saturated heterocycles. The zero-order chi connectivity index (χ0) is 85.9. The topological polar surface area (TPSA) is 234 Å². The summed E-state index contributed by atoms with van der Waals surface area (Å²) >= 11 is 0. The Bertz CT molecular complexity index is 7060. The molecule has 21 heteroatoms. The van der Waals surface area contributed by atoms with Gasteiger partial charge in [-0.05, 0) is 208 Å². The van der Waals surface area contributed by atoms with Crippen molar-refractivity contribution in [2.75, 3.05) is 0 Å². The standard InChI is InChI=1S/C108H72N12O6Si3/c1-9-25-73(26-10-1)97-109-115-103(121-97)79-49-61-91(62-50-79)127(85-29-13-3-14-30-85,86-31-15-4-16-32-86)93-65-53-81(54-66-93)105-117-111-99(123-105)75-41-45-77(46-42-75)101-113-119-107(125-101)83-57-69-95(70-58-83)129(89-37-21-7-22-38-89,90-39-23-8-24-40-90)96-71-59-84(60-72-96)108-120-114-102(126-108)78-47-43-76(44-48-78)100-112-118-106(124-100)82-55-67-94(68-56-82)128(87-33-17-5-18-34-87,88-35-19-6-20-36-88)92-63-51-80(52-64-92)104-116-110-98(122-104)74-27-11-2-12-28-74/h1-72H. The molecule has 22 aromatic rings. The fourth-order valence-corrected chi connectivity index (χ4v) is 31.9. The summed E-state index contributed by atoms with van der Waals surface area (Å²) in [4.78, 5) is 0. The molecule has 0 fully saturated rings. The van der Waals surface area contributed by atoms with Crippen LogP contribution in [-0.2, 0) is 0 Å². The molecular formula is C108H72N12O6Si3. The summed E-state index contributed by atoms with van der Waals surface area (Å²) in [7, 11) is -8.93. The predicted molar refractivity (Wildman–Crippen MR) is 510 cm³/mol. The van der Waals surface area contributed by atoms with Gasteiger partial charge in [-0.2, -0.15) is 0 Å². The third-order valence-electron chi connectivity index (χ3n) is 24.0. The molecular weight excluding hydrogens is 1650 g/mol. The van der Waals surface area contributed by atoms with E-state index in [4.69, 9.17) is 26.5 Å². The smallest absolute Gasteiger partial charge is 0.248 e. The first-order valence-electron chi connectivity index (χ1n) is 42.2. The normalized spacial score (nSPS) is 11.7. The number of aromatic nitrogens is 12. The molecule has 6 heterocycles. The molecule has 0 aliphatic rings. The molecule has 0 unspecified atom stereocenters. The summed E-state index contributed by atoms with van der Waals surface area (Å²) in [5, 5.41) is 68.5. The predicted octanol–water partition coefficient (Wildman–Crippen LogP) is 16.1. The summed E-state index contributed by atoms with van der Waals surface area (Å²) in [5.74, 6) is 4.89. The minimum absolute atomic E-state index is 0.366. The van der Waals surface area contributed by atoms with Gasteiger partial charge in [0.25, 0.3) is 0 Å². The highest BCUT2D eigenvalue weighted by molar-refractivity contribution is 7.21. The van der Waals surface area contributed by atoms with Crippen molar-refractivity contribution in [1.82, 2.24) is 61.2 Å². The van der Waals surface area contributed by atoms with Gasteiger partial charge in [-0.15, -0.1) is 61.2 Å². The van der Waals surface area contributed by atoms with Gasteiger partial charge in [-0.25, -0.2) is 0 Å². The second kappa shape index (κ2) is 33.9. The van der Waals surface area contributed by atoms with E-state index in [1.165, 1.54) is 51.9 Å². The molecule has 0 amide bonds. The van der Waals surface area contributed by atoms with E-state index in [9.17, 15) is 0 Å². The first-order valence-corrected chi connectivity index (χ1v) is 48.2. The lowest BCUT2D eigenvalue weighted by Gasteiger charge is -2.34. The quantitative estimate of drug-likeness (QED) is 0.0404. The largest absolute Gasteiger partial charge is 0.416 e. The lowest BCUT2D eigenvalue weighted by atomic mass is 10.1. The molecule has 612 valence electrons. The van der Waals surface area contributed by atoms with Crippen molar-refractivity contribution in [3.63, 3.8) is 0 Å². The first kappa shape index (κ1) is 78.0. The molecule has 0 atom stereocenters. The van der Waals surface area contributed by atoms with Crippen LogP contribution >= 0.6 is 0 Å². The molecule has 6 aromatic heterocycles. The van der Waals surface area contributed by atoms with Crippen LogP contribution in [0, 0.1) is 0 Å². The summed E-state index contributed by atoms with van der Waals surface area (Å²) in [5.41, 5.74) is 9.47. The molecule has 129 heavy (non-hydrogen) atoms. The summed E-state index contributed by atoms with van der Waals surface area (Å²) in [6.45, 7) is 0. The van der Waals surface area contributed by atoms with E-state index in [0.717, 1.165) is 77.1 Å². The van der Waals surface area contributed by atoms with E-state index in [-0.39, 0.29) is 0 Å². The molecule has 0 N–H and O–H groups in total. The maximum Gasteiger partial charge on any atom is 0.248 e. The van der Waals surface area contributed by atoms with E-state index >= 15 is 0 Å². The number of hydrogen-bond acceptors (Lipinski definition) is 18. The van der Waals surface area contributed by atoms with Crippen molar-refractivity contribution in [3.05, 3.63) is 437 Å². The molecule has 18 nitrogen and oxygen atoms in total. The van der Waals surface area contributed by atoms with E-state index in [1.807, 2.05) is 109 Å². The molecule has 0 saturated carbocycles. The van der Waals surface area contributed by atoms with Crippen LogP contribution < -0.4 is 62.2 Å². The molecule has 0 aliphatic heterocycles. The average Bonchev–Trinajstić information content (AvgIpc) is 0.771. The fourth-order valence-electron chi connectivity index (χ4n) is 17.7. The van der Waals surface area contributed by atoms with Crippen molar-refractivity contribution in [3.8, 4) is 137 Å². The number of hydrogen-bond donors (Lipinski definition) is 0. The van der Waals surface area contributed by atoms with Gasteiger partial charge >= 0.3 is 0 Å². The van der Waals surface area contributed by atoms with Crippen LogP contribution in [0.25, 0.3) is 137 Å². The van der Waals surface area contributed by atoms with Crippen LogP contribution in [0.5, 0.6) is 0 Å². The van der Waals surface area contributed by atoms with E-state index in [1.54, 1.807) is 0 Å². The van der Waals surface area contributed by atoms with Crippen LogP contribution in [0.4, 0.5) is 0 Å². The van der Waals surface area contributed by atoms with Crippen molar-refractivity contribution < 1.29 is 26.5 Å². The van der Waals surface area contributed by atoms with Crippen LogP contribution in [0.2, 0.25) is 0 Å². The Labute approximate surface area is 743 Å². The Balaban J connectivity index is 0.487. The molecule has 22 rings (SSSR count). The Kier molecular flexibility index (Phi) is 20.5. The zero-order valence-corrected chi connectivity index (χ0v) is 71.9. The third kappa shape index (κ3) is 14.6. The Morgan fingerprint density at radius 1 is 0.101 bits per heavy atom. The SMILES string of the molecule is c1ccc(-c2nnc(-c3ccc([Si](c4ccccc4)(c4ccccc4)c4ccc(-c5nnc(-c6ccc(-c7nnc(-c8ccc([Si](c9ccccc9)(c9ccccc9)c9ccc(-c%10nnc(-c%11ccc(-c%12nnc(-c%13ccc([Si](c%14ccccc%14)(c%14ccccc%14)c%14ccc(-c%15nnc(-c%16ccccc%16)o%15)cc%14)cc%13)o%12)cc%11)o%10)cc9)cc8)o7)cc6)o5)cc4)cc3)o2)cc1. The molecule has 16 aromatic carbocycles. The van der Waals surface area contributed by atoms with Crippen LogP contribution in [0.3, 0.4) is 0 Å². The van der Waals surface area contributed by atoms with Crippen molar-refractivity contribution in [2.45, 2.75) is 0 Å². The average molecular weight is 1720 g/mol. The zero-order valence-electron chi connectivity index (χ0n) is 68.9. The van der Waals surface area contributed by atoms with Gasteiger partial charge in [0.15, 0.2) is 24.2 Å². The van der Waals surface area contributed by atoms with E-state index in [0.29, 0.717) is 70.7 Å². The molecule has 0 bridgehead atoms. The summed E-state index contributed by atoms with van der Waals surface area (Å²) < 4.78 is 38.2. The number of rotatable bonds is 24. The number of nitrogens with zero attached hydrogens (tertiary/aromatic N) is 12. The molecule has 0 spiro atoms. The maximum absolute atomic E-state index is 6.48. The highest BCUT2D eigenvalue weighted by Crippen LogP contribution is 2.34. The third-order valence-corrected chi connectivity index (χ3v) is 38.4. The monoisotopic (exact) mass is 1720 g/mol. The molecule has 0 aliphatic carbocycles. The Morgan fingerprint density at radius 2 is 0.194 bits per heavy atom. The van der Waals surface area contributed by atoms with Gasteiger partial charge in [0.2, 0.25) is 70.7 Å². The highest BCUT2D eigenvalue weighted by Gasteiger charge is 2.45. The van der Waals surface area contributed by atoms with Gasteiger partial charge in [0, 0.05) is 66.8 Å². The Morgan fingerprint density at radius 3 is 0.318 bits per heavy atom. The van der Waals surface area contributed by atoms with Gasteiger partial charge in [0.1, 0.15) is 0 Å². The van der Waals surface area contributed by atoms with Crippen molar-refractivity contribution in [1.29, 1.82) is 0 Å². The van der Waals surface area contributed by atoms with E-state index in [2.05, 4.69) is 389 Å². The summed E-state index contributed by atoms with van der Waals surface area (Å²) in [6, 6.07) is 151. The van der Waals surface area contributed by atoms with Crippen LogP contribution in [0.1, 0.15) is 0 Å². The highest BCUT2D eigenvalue weighted by atomic mass is 28.3. The van der Waals surface area contributed by atoms with Gasteiger partial charge in [-0.3, -0.25) is 0 Å². The fraction of sp³-hybridized carbons (Fsp3) is 0. The van der Waals surface area contributed by atoms with Crippen LogP contribution in [0.15, 0.2) is 463 Å². The summed E-state index contributed by atoms with van der Waals surface area (Å²) in [6.07, 6.45) is 0. The first-order chi connectivity index (χ1) is 63.9. The van der Waals surface area contributed by atoms with E-state index < -0.39 is 24.2 Å². The van der Waals surface area contributed by atoms with Gasteiger partial charge < -0.3 is 26.5 Å². The van der Waals surface area contributed by atoms with Crippen LogP contribution in [-0.4, -0.2) is 85.4 Å². The lowest BCUT2D eigenvalue weighted by Crippen LogP contribution is -2.74. The Hall–Kier alpha value is -17.0. The van der Waals surface area contributed by atoms with Crippen molar-refractivity contribution >= 4 is 86.5 Å². The van der Waals surface area contributed by atoms with Gasteiger partial charge in [0.05, 0.1) is 0 Å². The minimum Gasteiger partial charge on any atom is -0.416 e. The maximum atomic E-state index is 6.48. The number of benzene rings is 16. The lowest BCUT2D eigenvalue weighted by molar-refractivity contribution is 0.583.